The van der Waals surface area contributed by atoms with Crippen molar-refractivity contribution >= 4 is 33.2 Å². The number of aromatic nitrogens is 1. The Hall–Kier alpha value is -1.42. The number of hydrogen-bond donors (Lipinski definition) is 0. The van der Waals surface area contributed by atoms with E-state index < -0.39 is 0 Å². The molecule has 0 amide bonds. The molecule has 2 saturated heterocycles. The molecule has 5 rings (SSSR count). The van der Waals surface area contributed by atoms with E-state index in [0.717, 1.165) is 10.5 Å². The van der Waals surface area contributed by atoms with E-state index in [0.29, 0.717) is 23.9 Å². The second-order valence-corrected chi connectivity index (χ2v) is 9.41. The van der Waals surface area contributed by atoms with Crippen molar-refractivity contribution < 1.29 is 0 Å². The standard InChI is InChI=1S/C22H23ClN2S/c1-13-3-5-14(6-4-13)17-12-16-8-10-19(25(16)2)21(17)22-24-18-9-7-15(23)11-20(18)26-22/h3-7,9,11,16-17,19,21H,8,10,12H2,1-2H3/t16-,17-,19?,21+/m1/s1. The number of aryl methyl sites for hydroxylation is 1. The normalized spacial score (nSPS) is 28.7. The maximum atomic E-state index is 6.21. The second-order valence-electron chi connectivity index (χ2n) is 7.91. The smallest absolute Gasteiger partial charge is 0.0991 e. The van der Waals surface area contributed by atoms with Crippen LogP contribution in [0.2, 0.25) is 5.02 Å². The molecule has 2 aliphatic rings. The summed E-state index contributed by atoms with van der Waals surface area (Å²) < 4.78 is 1.21. The van der Waals surface area contributed by atoms with Crippen LogP contribution in [0.3, 0.4) is 0 Å². The molecule has 0 N–H and O–H groups in total. The van der Waals surface area contributed by atoms with Gasteiger partial charge in [-0.15, -0.1) is 11.3 Å². The molecule has 2 aromatic carbocycles. The van der Waals surface area contributed by atoms with Gasteiger partial charge in [-0.25, -0.2) is 4.98 Å². The SMILES string of the molecule is Cc1ccc([C@H]2C[C@H]3CCC([C@H]2c2nc4ccc(Cl)cc4s2)N3C)cc1. The van der Waals surface area contributed by atoms with Crippen LogP contribution in [0.5, 0.6) is 0 Å². The Labute approximate surface area is 163 Å². The van der Waals surface area contributed by atoms with Crippen LogP contribution in [0.15, 0.2) is 42.5 Å². The number of halogens is 1. The minimum atomic E-state index is 0.470. The fraction of sp³-hybridized carbons (Fsp3) is 0.409. The zero-order valence-corrected chi connectivity index (χ0v) is 16.7. The molecule has 2 bridgehead atoms. The predicted octanol–water partition coefficient (Wildman–Crippen LogP) is 5.99. The Bertz CT molecular complexity index is 948. The van der Waals surface area contributed by atoms with Crippen LogP contribution in [0.25, 0.3) is 10.2 Å². The van der Waals surface area contributed by atoms with Crippen molar-refractivity contribution in [3.8, 4) is 0 Å². The number of likely N-dealkylation sites (N-methyl/N-ethyl adjacent to an activating group) is 1. The predicted molar refractivity (Wildman–Crippen MR) is 110 cm³/mol. The number of nitrogens with zero attached hydrogens (tertiary/aromatic N) is 2. The van der Waals surface area contributed by atoms with E-state index in [1.807, 2.05) is 17.4 Å². The number of fused-ring (bicyclic) bond motifs is 3. The van der Waals surface area contributed by atoms with Gasteiger partial charge in [0.25, 0.3) is 0 Å². The molecule has 4 atom stereocenters. The molecule has 0 radical (unpaired) electrons. The highest BCUT2D eigenvalue weighted by Gasteiger charge is 2.47. The average Bonchev–Trinajstić information content (AvgIpc) is 3.13. The van der Waals surface area contributed by atoms with Gasteiger partial charge in [-0.05, 0) is 62.9 Å². The molecule has 2 aliphatic heterocycles. The summed E-state index contributed by atoms with van der Waals surface area (Å²) in [7, 11) is 2.31. The summed E-state index contributed by atoms with van der Waals surface area (Å²) in [5.41, 5.74) is 3.89. The first kappa shape index (κ1) is 16.7. The minimum absolute atomic E-state index is 0.470. The van der Waals surface area contributed by atoms with Gasteiger partial charge < -0.3 is 0 Å². The van der Waals surface area contributed by atoms with Crippen LogP contribution in [0.1, 0.15) is 47.2 Å². The molecular weight excluding hydrogens is 360 g/mol. The van der Waals surface area contributed by atoms with Gasteiger partial charge in [0, 0.05) is 23.0 Å². The average molecular weight is 383 g/mol. The van der Waals surface area contributed by atoms with Gasteiger partial charge in [0.05, 0.1) is 15.2 Å². The van der Waals surface area contributed by atoms with Crippen molar-refractivity contribution in [2.24, 2.45) is 0 Å². The lowest BCUT2D eigenvalue weighted by atomic mass is 9.76. The van der Waals surface area contributed by atoms with Gasteiger partial charge >= 0.3 is 0 Å². The van der Waals surface area contributed by atoms with Crippen LogP contribution in [0.4, 0.5) is 0 Å². The maximum Gasteiger partial charge on any atom is 0.0991 e. The second kappa shape index (κ2) is 6.33. The van der Waals surface area contributed by atoms with Crippen LogP contribution >= 0.6 is 22.9 Å². The summed E-state index contributed by atoms with van der Waals surface area (Å²) in [6, 6.07) is 16.6. The lowest BCUT2D eigenvalue weighted by Crippen LogP contribution is -2.44. The topological polar surface area (TPSA) is 16.1 Å². The molecule has 26 heavy (non-hydrogen) atoms. The number of thiazole rings is 1. The number of rotatable bonds is 2. The van der Waals surface area contributed by atoms with Gasteiger partial charge in [0.2, 0.25) is 0 Å². The maximum absolute atomic E-state index is 6.21. The fourth-order valence-electron chi connectivity index (χ4n) is 5.02. The molecule has 2 nitrogen and oxygen atoms in total. The van der Waals surface area contributed by atoms with Gasteiger partial charge in [-0.1, -0.05) is 41.4 Å². The Morgan fingerprint density at radius 1 is 1.12 bits per heavy atom. The Balaban J connectivity index is 1.61. The minimum Gasteiger partial charge on any atom is -0.300 e. The van der Waals surface area contributed by atoms with Gasteiger partial charge in [0.15, 0.2) is 0 Å². The van der Waals surface area contributed by atoms with E-state index in [4.69, 9.17) is 16.6 Å². The highest BCUT2D eigenvalue weighted by molar-refractivity contribution is 7.18. The van der Waals surface area contributed by atoms with Crippen molar-refractivity contribution in [3.63, 3.8) is 0 Å². The third kappa shape index (κ3) is 2.69. The van der Waals surface area contributed by atoms with Crippen molar-refractivity contribution in [2.75, 3.05) is 7.05 Å². The van der Waals surface area contributed by atoms with Gasteiger partial charge in [-0.3, -0.25) is 4.90 Å². The third-order valence-electron chi connectivity index (χ3n) is 6.43. The summed E-state index contributed by atoms with van der Waals surface area (Å²) in [6.07, 6.45) is 3.83. The van der Waals surface area contributed by atoms with E-state index in [2.05, 4.69) is 55.3 Å². The van der Waals surface area contributed by atoms with Crippen LogP contribution in [0, 0.1) is 6.92 Å². The third-order valence-corrected chi connectivity index (χ3v) is 7.78. The molecule has 1 unspecified atom stereocenters. The monoisotopic (exact) mass is 382 g/mol. The quantitative estimate of drug-likeness (QED) is 0.541. The molecular formula is C22H23ClN2S. The first-order valence-corrected chi connectivity index (χ1v) is 10.6. The van der Waals surface area contributed by atoms with E-state index >= 15 is 0 Å². The summed E-state index contributed by atoms with van der Waals surface area (Å²) in [5, 5.41) is 2.08. The lowest BCUT2D eigenvalue weighted by Gasteiger charge is -2.42. The summed E-state index contributed by atoms with van der Waals surface area (Å²) in [5.74, 6) is 1.03. The molecule has 1 aromatic heterocycles. The van der Waals surface area contributed by atoms with Crippen molar-refractivity contribution in [1.82, 2.24) is 9.88 Å². The Morgan fingerprint density at radius 2 is 1.92 bits per heavy atom. The molecule has 0 saturated carbocycles. The van der Waals surface area contributed by atoms with Crippen molar-refractivity contribution in [1.29, 1.82) is 0 Å². The highest BCUT2D eigenvalue weighted by atomic mass is 35.5. The van der Waals surface area contributed by atoms with E-state index in [9.17, 15) is 0 Å². The molecule has 3 aromatic rings. The molecule has 3 heterocycles. The summed E-state index contributed by atoms with van der Waals surface area (Å²) >= 11 is 8.05. The van der Waals surface area contributed by atoms with Crippen molar-refractivity contribution in [3.05, 3.63) is 63.6 Å². The van der Waals surface area contributed by atoms with E-state index in [-0.39, 0.29) is 0 Å². The molecule has 134 valence electrons. The lowest BCUT2D eigenvalue weighted by molar-refractivity contribution is 0.137. The van der Waals surface area contributed by atoms with E-state index in [1.54, 1.807) is 0 Å². The fourth-order valence-corrected chi connectivity index (χ4v) is 6.49. The number of hydrogen-bond acceptors (Lipinski definition) is 3. The zero-order valence-electron chi connectivity index (χ0n) is 15.2. The number of piperidine rings is 1. The Kier molecular flexibility index (Phi) is 4.07. The van der Waals surface area contributed by atoms with Crippen LogP contribution in [-0.2, 0) is 0 Å². The highest BCUT2D eigenvalue weighted by Crippen LogP contribution is 2.52. The first-order valence-electron chi connectivity index (χ1n) is 9.44. The van der Waals surface area contributed by atoms with Gasteiger partial charge in [0.1, 0.15) is 0 Å². The van der Waals surface area contributed by atoms with Crippen LogP contribution in [-0.4, -0.2) is 29.0 Å². The first-order chi connectivity index (χ1) is 12.6. The molecule has 0 spiro atoms. The zero-order chi connectivity index (χ0) is 17.8. The largest absolute Gasteiger partial charge is 0.300 e. The summed E-state index contributed by atoms with van der Waals surface area (Å²) in [6.45, 7) is 2.16. The van der Waals surface area contributed by atoms with Crippen molar-refractivity contribution in [2.45, 2.75) is 50.1 Å². The summed E-state index contributed by atoms with van der Waals surface area (Å²) in [4.78, 5) is 7.67. The van der Waals surface area contributed by atoms with Gasteiger partial charge in [-0.2, -0.15) is 0 Å². The Morgan fingerprint density at radius 3 is 2.73 bits per heavy atom. The molecule has 2 fully saturated rings. The molecule has 0 aliphatic carbocycles. The molecule has 4 heteroatoms. The van der Waals surface area contributed by atoms with E-state index in [1.165, 1.54) is 40.1 Å². The number of benzene rings is 2. The van der Waals surface area contributed by atoms with Crippen LogP contribution < -0.4 is 0 Å².